The first kappa shape index (κ1) is 12.1. The van der Waals surface area contributed by atoms with E-state index in [-0.39, 0.29) is 5.84 Å². The molecule has 0 aliphatic heterocycles. The summed E-state index contributed by atoms with van der Waals surface area (Å²) in [6.07, 6.45) is 4.91. The Labute approximate surface area is 104 Å². The van der Waals surface area contributed by atoms with Gasteiger partial charge >= 0.3 is 0 Å². The lowest BCUT2D eigenvalue weighted by Crippen LogP contribution is -2.21. The molecule has 0 saturated heterocycles. The van der Waals surface area contributed by atoms with Crippen molar-refractivity contribution in [3.05, 3.63) is 53.7 Å². The fraction of sp³-hybridized carbons (Fsp3) is 0.167. The first-order valence-electron chi connectivity index (χ1n) is 5.45. The monoisotopic (exact) mass is 246 g/mol. The van der Waals surface area contributed by atoms with E-state index in [2.05, 4.69) is 15.5 Å². The summed E-state index contributed by atoms with van der Waals surface area (Å²) < 4.78 is 4.97. The molecule has 6 nitrogen and oxygen atoms in total. The maximum absolute atomic E-state index is 8.68. The van der Waals surface area contributed by atoms with E-state index in [1.54, 1.807) is 18.7 Å². The van der Waals surface area contributed by atoms with Crippen LogP contribution >= 0.6 is 0 Å². The Morgan fingerprint density at radius 1 is 1.44 bits per heavy atom. The Hall–Kier alpha value is -2.34. The molecule has 2 heterocycles. The average molecular weight is 246 g/mol. The van der Waals surface area contributed by atoms with E-state index in [1.807, 2.05) is 18.2 Å². The van der Waals surface area contributed by atoms with Crippen molar-refractivity contribution < 1.29 is 9.62 Å². The Balaban J connectivity index is 2.01. The summed E-state index contributed by atoms with van der Waals surface area (Å²) in [5, 5.41) is 14.9. The summed E-state index contributed by atoms with van der Waals surface area (Å²) >= 11 is 0. The molecule has 0 aliphatic rings. The number of nitrogens with one attached hydrogen (secondary N) is 1. The van der Waals surface area contributed by atoms with Gasteiger partial charge in [0.1, 0.15) is 5.69 Å². The van der Waals surface area contributed by atoms with E-state index in [1.165, 1.54) is 0 Å². The smallest absolute Gasteiger partial charge is 0.189 e. The van der Waals surface area contributed by atoms with Crippen molar-refractivity contribution in [1.29, 1.82) is 0 Å². The topological polar surface area (TPSA) is 96.7 Å². The predicted octanol–water partition coefficient (Wildman–Crippen LogP) is 1.06. The van der Waals surface area contributed by atoms with Gasteiger partial charge < -0.3 is 20.7 Å². The molecule has 0 spiro atoms. The molecule has 0 saturated carbocycles. The third kappa shape index (κ3) is 2.86. The second-order valence-corrected chi connectivity index (χ2v) is 3.73. The molecule has 0 bridgehead atoms. The maximum atomic E-state index is 8.68. The number of pyridine rings is 1. The minimum Gasteiger partial charge on any atom is -0.472 e. The molecule has 0 unspecified atom stereocenters. The molecule has 6 heteroatoms. The van der Waals surface area contributed by atoms with Crippen LogP contribution in [-0.2, 0) is 13.1 Å². The molecule has 2 rings (SSSR count). The second kappa shape index (κ2) is 5.83. The van der Waals surface area contributed by atoms with E-state index in [4.69, 9.17) is 15.4 Å². The average Bonchev–Trinajstić information content (AvgIpc) is 2.92. The van der Waals surface area contributed by atoms with Crippen LogP contribution < -0.4 is 11.1 Å². The highest BCUT2D eigenvalue weighted by Gasteiger charge is 2.07. The standard InChI is InChI=1S/C12H14N4O2/c13-12(16-17)11-10(2-1-4-15-11)7-14-6-9-3-5-18-8-9/h1-5,8,14,17H,6-7H2,(H2,13,16). The quantitative estimate of drug-likeness (QED) is 0.317. The van der Waals surface area contributed by atoms with E-state index >= 15 is 0 Å². The van der Waals surface area contributed by atoms with Gasteiger partial charge in [-0.25, -0.2) is 0 Å². The van der Waals surface area contributed by atoms with E-state index in [9.17, 15) is 0 Å². The number of hydrogen-bond acceptors (Lipinski definition) is 5. The van der Waals surface area contributed by atoms with Crippen LogP contribution in [0.15, 0.2) is 46.5 Å². The molecule has 0 atom stereocenters. The SMILES string of the molecule is N/C(=N/O)c1ncccc1CNCc1ccoc1. The summed E-state index contributed by atoms with van der Waals surface area (Å²) in [5.41, 5.74) is 7.97. The van der Waals surface area contributed by atoms with Crippen molar-refractivity contribution in [2.75, 3.05) is 0 Å². The summed E-state index contributed by atoms with van der Waals surface area (Å²) in [6, 6.07) is 5.58. The number of amidine groups is 1. The van der Waals surface area contributed by atoms with Crippen LogP contribution in [0.2, 0.25) is 0 Å². The molecular weight excluding hydrogens is 232 g/mol. The maximum Gasteiger partial charge on any atom is 0.189 e. The Kier molecular flexibility index (Phi) is 3.93. The van der Waals surface area contributed by atoms with E-state index in [0.29, 0.717) is 18.8 Å². The van der Waals surface area contributed by atoms with Crippen molar-refractivity contribution >= 4 is 5.84 Å². The van der Waals surface area contributed by atoms with Gasteiger partial charge in [0, 0.05) is 24.8 Å². The second-order valence-electron chi connectivity index (χ2n) is 3.73. The fourth-order valence-corrected chi connectivity index (χ4v) is 1.59. The molecule has 0 fully saturated rings. The summed E-state index contributed by atoms with van der Waals surface area (Å²) in [7, 11) is 0. The molecule has 4 N–H and O–H groups in total. The lowest BCUT2D eigenvalue weighted by Gasteiger charge is -2.07. The Bertz CT molecular complexity index is 523. The van der Waals surface area contributed by atoms with Gasteiger partial charge in [-0.15, -0.1) is 0 Å². The fourth-order valence-electron chi connectivity index (χ4n) is 1.59. The molecule has 2 aromatic rings. The van der Waals surface area contributed by atoms with Crippen LogP contribution in [0.5, 0.6) is 0 Å². The lowest BCUT2D eigenvalue weighted by molar-refractivity contribution is 0.318. The van der Waals surface area contributed by atoms with Gasteiger partial charge in [0.05, 0.1) is 12.5 Å². The van der Waals surface area contributed by atoms with Gasteiger partial charge in [-0.2, -0.15) is 0 Å². The minimum absolute atomic E-state index is 0.00992. The number of oxime groups is 1. The van der Waals surface area contributed by atoms with Gasteiger partial charge in [-0.3, -0.25) is 4.98 Å². The molecular formula is C12H14N4O2. The molecule has 0 aromatic carbocycles. The largest absolute Gasteiger partial charge is 0.472 e. The summed E-state index contributed by atoms with van der Waals surface area (Å²) in [5.74, 6) is 0.00992. The van der Waals surface area contributed by atoms with E-state index < -0.39 is 0 Å². The third-order valence-corrected chi connectivity index (χ3v) is 2.47. The Morgan fingerprint density at radius 3 is 3.06 bits per heavy atom. The number of furan rings is 1. The first-order chi connectivity index (χ1) is 8.81. The summed E-state index contributed by atoms with van der Waals surface area (Å²) in [6.45, 7) is 1.26. The van der Waals surface area contributed by atoms with Crippen molar-refractivity contribution in [3.8, 4) is 0 Å². The number of aromatic nitrogens is 1. The zero-order chi connectivity index (χ0) is 12.8. The molecule has 94 valence electrons. The zero-order valence-corrected chi connectivity index (χ0v) is 9.71. The summed E-state index contributed by atoms with van der Waals surface area (Å²) in [4.78, 5) is 4.09. The van der Waals surface area contributed by atoms with Crippen molar-refractivity contribution in [3.63, 3.8) is 0 Å². The molecule has 18 heavy (non-hydrogen) atoms. The van der Waals surface area contributed by atoms with Gasteiger partial charge in [0.25, 0.3) is 0 Å². The van der Waals surface area contributed by atoms with Crippen molar-refractivity contribution in [1.82, 2.24) is 10.3 Å². The van der Waals surface area contributed by atoms with Crippen LogP contribution in [0.25, 0.3) is 0 Å². The van der Waals surface area contributed by atoms with Crippen LogP contribution in [0.3, 0.4) is 0 Å². The van der Waals surface area contributed by atoms with Crippen LogP contribution in [0.4, 0.5) is 0 Å². The number of rotatable bonds is 5. The first-order valence-corrected chi connectivity index (χ1v) is 5.45. The Morgan fingerprint density at radius 2 is 2.33 bits per heavy atom. The predicted molar refractivity (Wildman–Crippen MR) is 66.0 cm³/mol. The van der Waals surface area contributed by atoms with Crippen molar-refractivity contribution in [2.45, 2.75) is 13.1 Å². The van der Waals surface area contributed by atoms with Gasteiger partial charge in [0.15, 0.2) is 5.84 Å². The van der Waals surface area contributed by atoms with Gasteiger partial charge in [0.2, 0.25) is 0 Å². The molecule has 0 amide bonds. The molecule has 2 aromatic heterocycles. The van der Waals surface area contributed by atoms with Crippen LogP contribution in [-0.4, -0.2) is 16.0 Å². The minimum atomic E-state index is 0.00992. The number of hydrogen-bond donors (Lipinski definition) is 3. The van der Waals surface area contributed by atoms with Crippen LogP contribution in [0, 0.1) is 0 Å². The van der Waals surface area contributed by atoms with Crippen molar-refractivity contribution in [2.24, 2.45) is 10.9 Å². The lowest BCUT2D eigenvalue weighted by atomic mass is 10.1. The highest BCUT2D eigenvalue weighted by molar-refractivity contribution is 5.96. The van der Waals surface area contributed by atoms with Gasteiger partial charge in [-0.1, -0.05) is 11.2 Å². The number of nitrogens with two attached hydrogens (primary N) is 1. The molecule has 0 aliphatic carbocycles. The third-order valence-electron chi connectivity index (χ3n) is 2.47. The van der Waals surface area contributed by atoms with Crippen LogP contribution in [0.1, 0.15) is 16.8 Å². The van der Waals surface area contributed by atoms with E-state index in [0.717, 1.165) is 11.1 Å². The van der Waals surface area contributed by atoms with Gasteiger partial charge in [-0.05, 0) is 17.7 Å². The normalized spacial score (nSPS) is 11.7. The highest BCUT2D eigenvalue weighted by atomic mass is 16.4. The molecule has 0 radical (unpaired) electrons. The highest BCUT2D eigenvalue weighted by Crippen LogP contribution is 2.06. The zero-order valence-electron chi connectivity index (χ0n) is 9.71. The number of nitrogens with zero attached hydrogens (tertiary/aromatic N) is 2.